The van der Waals surface area contributed by atoms with E-state index in [0.717, 1.165) is 55.6 Å². The molecule has 23 heavy (non-hydrogen) atoms. The summed E-state index contributed by atoms with van der Waals surface area (Å²) in [5.74, 6) is 2.25. The zero-order chi connectivity index (χ0) is 16.9. The van der Waals surface area contributed by atoms with Crippen molar-refractivity contribution in [2.75, 3.05) is 41.0 Å². The van der Waals surface area contributed by atoms with E-state index in [-0.39, 0.29) is 0 Å². The Bertz CT molecular complexity index is 478. The number of methoxy groups -OCH3 is 2. The maximum atomic E-state index is 5.32. The van der Waals surface area contributed by atoms with Crippen LogP contribution in [0.4, 0.5) is 0 Å². The highest BCUT2D eigenvalue weighted by Crippen LogP contribution is 2.27. The van der Waals surface area contributed by atoms with E-state index in [4.69, 9.17) is 14.2 Å². The molecule has 6 nitrogen and oxygen atoms in total. The van der Waals surface area contributed by atoms with Gasteiger partial charge in [-0.1, -0.05) is 6.07 Å². The lowest BCUT2D eigenvalue weighted by atomic mass is 10.2. The van der Waals surface area contributed by atoms with E-state index in [0.29, 0.717) is 6.54 Å². The summed E-state index contributed by atoms with van der Waals surface area (Å²) < 4.78 is 15.9. The number of rotatable bonds is 10. The van der Waals surface area contributed by atoms with Gasteiger partial charge >= 0.3 is 0 Å². The SMILES string of the molecule is CCOCCCCNC(=NC)NCc1ccc(OC)c(OC)c1. The van der Waals surface area contributed by atoms with Crippen LogP contribution in [0.1, 0.15) is 25.3 Å². The van der Waals surface area contributed by atoms with Gasteiger partial charge in [-0.2, -0.15) is 0 Å². The number of nitrogens with zero attached hydrogens (tertiary/aromatic N) is 1. The highest BCUT2D eigenvalue weighted by molar-refractivity contribution is 5.79. The van der Waals surface area contributed by atoms with Gasteiger partial charge in [-0.3, -0.25) is 4.99 Å². The zero-order valence-electron chi connectivity index (χ0n) is 14.6. The third-order valence-corrected chi connectivity index (χ3v) is 3.34. The lowest BCUT2D eigenvalue weighted by molar-refractivity contribution is 0.143. The van der Waals surface area contributed by atoms with Crippen LogP contribution in [0, 0.1) is 0 Å². The smallest absolute Gasteiger partial charge is 0.191 e. The average molecular weight is 323 g/mol. The van der Waals surface area contributed by atoms with E-state index < -0.39 is 0 Å². The van der Waals surface area contributed by atoms with Crippen LogP contribution in [-0.2, 0) is 11.3 Å². The molecule has 0 bridgehead atoms. The Morgan fingerprint density at radius 1 is 1.09 bits per heavy atom. The Balaban J connectivity index is 2.37. The van der Waals surface area contributed by atoms with Crippen LogP contribution in [0.5, 0.6) is 11.5 Å². The van der Waals surface area contributed by atoms with Gasteiger partial charge < -0.3 is 24.8 Å². The molecule has 0 saturated carbocycles. The zero-order valence-corrected chi connectivity index (χ0v) is 14.6. The van der Waals surface area contributed by atoms with Crippen LogP contribution >= 0.6 is 0 Å². The minimum Gasteiger partial charge on any atom is -0.493 e. The predicted molar refractivity (Wildman–Crippen MR) is 93.5 cm³/mol. The summed E-state index contributed by atoms with van der Waals surface area (Å²) in [5, 5.41) is 6.58. The minimum atomic E-state index is 0.666. The number of ether oxygens (including phenoxy) is 3. The first-order valence-electron chi connectivity index (χ1n) is 7.98. The molecule has 0 heterocycles. The van der Waals surface area contributed by atoms with Gasteiger partial charge in [0.1, 0.15) is 0 Å². The van der Waals surface area contributed by atoms with Crippen LogP contribution in [0.15, 0.2) is 23.2 Å². The molecule has 2 N–H and O–H groups in total. The number of unbranched alkanes of at least 4 members (excludes halogenated alkanes) is 1. The Kier molecular flexibility index (Phi) is 9.63. The van der Waals surface area contributed by atoms with Crippen molar-refractivity contribution < 1.29 is 14.2 Å². The highest BCUT2D eigenvalue weighted by Gasteiger charge is 2.05. The fraction of sp³-hybridized carbons (Fsp3) is 0.588. The van der Waals surface area contributed by atoms with Crippen molar-refractivity contribution in [3.63, 3.8) is 0 Å². The van der Waals surface area contributed by atoms with Crippen LogP contribution in [0.3, 0.4) is 0 Å². The van der Waals surface area contributed by atoms with Crippen molar-refractivity contribution in [3.05, 3.63) is 23.8 Å². The maximum Gasteiger partial charge on any atom is 0.191 e. The molecular formula is C17H29N3O3. The second-order valence-corrected chi connectivity index (χ2v) is 4.95. The summed E-state index contributed by atoms with van der Waals surface area (Å²) >= 11 is 0. The van der Waals surface area contributed by atoms with Crippen LogP contribution in [-0.4, -0.2) is 47.0 Å². The third kappa shape index (κ3) is 7.23. The molecule has 0 aliphatic rings. The summed E-state index contributed by atoms with van der Waals surface area (Å²) in [6, 6.07) is 5.87. The van der Waals surface area contributed by atoms with Gasteiger partial charge in [0.25, 0.3) is 0 Å². The van der Waals surface area contributed by atoms with E-state index >= 15 is 0 Å². The first-order chi connectivity index (χ1) is 11.2. The molecule has 0 atom stereocenters. The Morgan fingerprint density at radius 2 is 1.87 bits per heavy atom. The Hall–Kier alpha value is -1.95. The maximum absolute atomic E-state index is 5.32. The number of hydrogen-bond acceptors (Lipinski definition) is 4. The number of guanidine groups is 1. The van der Waals surface area contributed by atoms with E-state index in [9.17, 15) is 0 Å². The second-order valence-electron chi connectivity index (χ2n) is 4.95. The second kappa shape index (κ2) is 11.6. The molecule has 0 radical (unpaired) electrons. The van der Waals surface area contributed by atoms with E-state index in [1.165, 1.54) is 0 Å². The van der Waals surface area contributed by atoms with Gasteiger partial charge in [0.05, 0.1) is 14.2 Å². The van der Waals surface area contributed by atoms with Gasteiger partial charge in [0.2, 0.25) is 0 Å². The normalized spacial score (nSPS) is 11.2. The molecule has 0 saturated heterocycles. The van der Waals surface area contributed by atoms with Crippen LogP contribution < -0.4 is 20.1 Å². The fourth-order valence-electron chi connectivity index (χ4n) is 2.08. The van der Waals surface area contributed by atoms with Gasteiger partial charge in [0.15, 0.2) is 17.5 Å². The van der Waals surface area contributed by atoms with Crippen molar-refractivity contribution in [2.24, 2.45) is 4.99 Å². The van der Waals surface area contributed by atoms with Crippen molar-refractivity contribution in [1.29, 1.82) is 0 Å². The summed E-state index contributed by atoms with van der Waals surface area (Å²) in [6.07, 6.45) is 2.10. The molecule has 0 fully saturated rings. The van der Waals surface area contributed by atoms with Gasteiger partial charge in [-0.25, -0.2) is 0 Å². The van der Waals surface area contributed by atoms with Crippen LogP contribution in [0.2, 0.25) is 0 Å². The number of nitrogens with one attached hydrogen (secondary N) is 2. The summed E-state index contributed by atoms with van der Waals surface area (Å²) in [7, 11) is 5.04. The Labute approximate surface area is 139 Å². The number of aliphatic imine (C=N–C) groups is 1. The largest absolute Gasteiger partial charge is 0.493 e. The molecule has 0 amide bonds. The number of hydrogen-bond donors (Lipinski definition) is 2. The Morgan fingerprint density at radius 3 is 2.52 bits per heavy atom. The molecule has 0 aliphatic heterocycles. The van der Waals surface area contributed by atoms with Crippen molar-refractivity contribution >= 4 is 5.96 Å². The van der Waals surface area contributed by atoms with Gasteiger partial charge in [-0.05, 0) is 37.5 Å². The molecule has 0 spiro atoms. The van der Waals surface area contributed by atoms with Crippen molar-refractivity contribution in [1.82, 2.24) is 10.6 Å². The standard InChI is InChI=1S/C17H29N3O3/c1-5-23-11-7-6-10-19-17(18-2)20-13-14-8-9-15(21-3)16(12-14)22-4/h8-9,12H,5-7,10-11,13H2,1-4H3,(H2,18,19,20). The molecular weight excluding hydrogens is 294 g/mol. The molecule has 1 rings (SSSR count). The van der Waals surface area contributed by atoms with Crippen LogP contribution in [0.25, 0.3) is 0 Å². The molecule has 1 aromatic carbocycles. The molecule has 0 unspecified atom stereocenters. The first kappa shape index (κ1) is 19.1. The summed E-state index contributed by atoms with van der Waals surface area (Å²) in [6.45, 7) is 5.15. The van der Waals surface area contributed by atoms with Gasteiger partial charge in [-0.15, -0.1) is 0 Å². The first-order valence-corrected chi connectivity index (χ1v) is 7.98. The quantitative estimate of drug-likeness (QED) is 0.392. The highest BCUT2D eigenvalue weighted by atomic mass is 16.5. The predicted octanol–water partition coefficient (Wildman–Crippen LogP) is 2.19. The van der Waals surface area contributed by atoms with E-state index in [2.05, 4.69) is 15.6 Å². The topological polar surface area (TPSA) is 64.1 Å². The van der Waals surface area contributed by atoms with Crippen molar-refractivity contribution in [3.8, 4) is 11.5 Å². The molecule has 6 heteroatoms. The van der Waals surface area contributed by atoms with E-state index in [1.807, 2.05) is 25.1 Å². The minimum absolute atomic E-state index is 0.666. The lowest BCUT2D eigenvalue weighted by Gasteiger charge is -2.13. The molecule has 130 valence electrons. The third-order valence-electron chi connectivity index (χ3n) is 3.34. The average Bonchev–Trinajstić information content (AvgIpc) is 2.60. The molecule has 0 aliphatic carbocycles. The summed E-state index contributed by atoms with van der Waals surface area (Å²) in [5.41, 5.74) is 1.10. The molecule has 1 aromatic rings. The van der Waals surface area contributed by atoms with Gasteiger partial charge in [0, 0.05) is 33.4 Å². The molecule has 0 aromatic heterocycles. The van der Waals surface area contributed by atoms with E-state index in [1.54, 1.807) is 21.3 Å². The van der Waals surface area contributed by atoms with Crippen molar-refractivity contribution in [2.45, 2.75) is 26.3 Å². The number of benzene rings is 1. The fourth-order valence-corrected chi connectivity index (χ4v) is 2.08. The monoisotopic (exact) mass is 323 g/mol. The lowest BCUT2D eigenvalue weighted by Crippen LogP contribution is -2.37. The summed E-state index contributed by atoms with van der Waals surface area (Å²) in [4.78, 5) is 4.22.